The highest BCUT2D eigenvalue weighted by molar-refractivity contribution is 6.74. The van der Waals surface area contributed by atoms with Gasteiger partial charge in [0, 0.05) is 12.8 Å². The van der Waals surface area contributed by atoms with Crippen LogP contribution in [0.1, 0.15) is 45.0 Å². The van der Waals surface area contributed by atoms with Crippen LogP contribution < -0.4 is 5.32 Å². The van der Waals surface area contributed by atoms with E-state index in [-0.39, 0.29) is 30.1 Å². The van der Waals surface area contributed by atoms with Crippen molar-refractivity contribution < 1.29 is 33.3 Å². The molecule has 8 nitrogen and oxygen atoms in total. The zero-order chi connectivity index (χ0) is 24.8. The van der Waals surface area contributed by atoms with Gasteiger partial charge in [0.1, 0.15) is 12.1 Å². The third kappa shape index (κ3) is 7.35. The summed E-state index contributed by atoms with van der Waals surface area (Å²) in [6.45, 7) is 14.2. The summed E-state index contributed by atoms with van der Waals surface area (Å²) in [5.41, 5.74) is 0.416. The summed E-state index contributed by atoms with van der Waals surface area (Å²) < 4.78 is 24.2. The summed E-state index contributed by atoms with van der Waals surface area (Å²) >= 11 is 0. The Kier molecular flexibility index (Phi) is 9.63. The molecule has 0 spiro atoms. The number of hydrogen-bond acceptors (Lipinski definition) is 7. The summed E-state index contributed by atoms with van der Waals surface area (Å²) in [6.07, 6.45) is -2.05. The van der Waals surface area contributed by atoms with E-state index in [2.05, 4.69) is 39.2 Å². The predicted molar refractivity (Wildman–Crippen MR) is 127 cm³/mol. The maximum absolute atomic E-state index is 12.9. The number of amides is 1. The van der Waals surface area contributed by atoms with Crippen LogP contribution in [-0.4, -0.2) is 69.7 Å². The fourth-order valence-electron chi connectivity index (χ4n) is 3.42. The molecule has 1 amide bonds. The van der Waals surface area contributed by atoms with Gasteiger partial charge < -0.3 is 29.1 Å². The summed E-state index contributed by atoms with van der Waals surface area (Å²) in [5, 5.41) is 12.1. The fourth-order valence-corrected chi connectivity index (χ4v) is 4.43. The van der Waals surface area contributed by atoms with Crippen molar-refractivity contribution in [1.29, 1.82) is 0 Å². The number of aliphatic hydroxyl groups is 1. The Morgan fingerprint density at radius 1 is 1.18 bits per heavy atom. The van der Waals surface area contributed by atoms with Crippen LogP contribution in [0.3, 0.4) is 0 Å². The van der Waals surface area contributed by atoms with Crippen molar-refractivity contribution >= 4 is 20.2 Å². The first-order valence-corrected chi connectivity index (χ1v) is 14.3. The smallest absolute Gasteiger partial charge is 0.338 e. The van der Waals surface area contributed by atoms with Gasteiger partial charge >= 0.3 is 5.97 Å². The molecule has 33 heavy (non-hydrogen) atoms. The van der Waals surface area contributed by atoms with Crippen LogP contribution in [0.15, 0.2) is 30.3 Å². The van der Waals surface area contributed by atoms with Gasteiger partial charge in [-0.1, -0.05) is 45.9 Å². The number of ether oxygens (including phenoxy) is 3. The van der Waals surface area contributed by atoms with Gasteiger partial charge in [-0.05, 0) is 30.3 Å². The number of esters is 1. The minimum Gasteiger partial charge on any atom is -0.456 e. The van der Waals surface area contributed by atoms with E-state index in [9.17, 15) is 14.7 Å². The third-order valence-electron chi connectivity index (χ3n) is 6.47. The molecule has 0 aromatic heterocycles. The lowest BCUT2D eigenvalue weighted by Crippen LogP contribution is -2.63. The molecule has 186 valence electrons. The normalized spacial score (nSPS) is 26.0. The number of nitrogens with one attached hydrogen (secondary N) is 1. The molecular weight excluding hydrogens is 442 g/mol. The van der Waals surface area contributed by atoms with E-state index < -0.39 is 38.8 Å². The molecule has 1 fully saturated rings. The topological polar surface area (TPSA) is 103 Å². The Hall–Kier alpha value is -1.78. The van der Waals surface area contributed by atoms with Crippen molar-refractivity contribution in [2.24, 2.45) is 5.92 Å². The Morgan fingerprint density at radius 3 is 2.36 bits per heavy atom. The lowest BCUT2D eigenvalue weighted by Gasteiger charge is -2.46. The van der Waals surface area contributed by atoms with Crippen molar-refractivity contribution in [3.05, 3.63) is 35.9 Å². The largest absolute Gasteiger partial charge is 0.456 e. The first kappa shape index (κ1) is 27.5. The zero-order valence-corrected chi connectivity index (χ0v) is 21.8. The Labute approximate surface area is 198 Å². The van der Waals surface area contributed by atoms with Gasteiger partial charge in [-0.15, -0.1) is 0 Å². The second kappa shape index (κ2) is 11.6. The number of carbonyl (C=O) groups is 2. The van der Waals surface area contributed by atoms with Crippen molar-refractivity contribution in [3.63, 3.8) is 0 Å². The molecule has 5 atom stereocenters. The molecular formula is C24H39NO7Si. The zero-order valence-electron chi connectivity index (χ0n) is 20.8. The van der Waals surface area contributed by atoms with E-state index in [1.165, 1.54) is 6.92 Å². The number of rotatable bonds is 9. The molecule has 0 bridgehead atoms. The average molecular weight is 482 g/mol. The van der Waals surface area contributed by atoms with Crippen molar-refractivity contribution in [1.82, 2.24) is 5.32 Å². The first-order valence-electron chi connectivity index (χ1n) is 11.4. The van der Waals surface area contributed by atoms with Gasteiger partial charge in [0.2, 0.25) is 5.91 Å². The molecule has 2 rings (SSSR count). The Balaban J connectivity index is 2.30. The van der Waals surface area contributed by atoms with Gasteiger partial charge in [-0.2, -0.15) is 0 Å². The van der Waals surface area contributed by atoms with Gasteiger partial charge in [0.05, 0.1) is 31.5 Å². The number of aliphatic hydroxyl groups excluding tert-OH is 1. The summed E-state index contributed by atoms with van der Waals surface area (Å²) in [5.74, 6) is -1.08. The van der Waals surface area contributed by atoms with E-state index in [1.54, 1.807) is 24.3 Å². The summed E-state index contributed by atoms with van der Waals surface area (Å²) in [7, 11) is -2.05. The maximum atomic E-state index is 12.9. The number of benzene rings is 1. The minimum atomic E-state index is -2.05. The second-order valence-electron chi connectivity index (χ2n) is 10.0. The van der Waals surface area contributed by atoms with Crippen LogP contribution >= 0.6 is 0 Å². The number of carbonyl (C=O) groups excluding carboxylic acids is 2. The SMILES string of the molecule is CC(=O)NC1C(OCCO)OC(CO[Si](C)(C)C(C)(C)C)C(C)C1OC(=O)c1ccccc1. The monoisotopic (exact) mass is 481 g/mol. The predicted octanol–water partition coefficient (Wildman–Crippen LogP) is 3.11. The van der Waals surface area contributed by atoms with Gasteiger partial charge in [-0.25, -0.2) is 4.79 Å². The van der Waals surface area contributed by atoms with Crippen LogP contribution in [-0.2, 0) is 23.4 Å². The second-order valence-corrected chi connectivity index (χ2v) is 14.8. The van der Waals surface area contributed by atoms with E-state index in [1.807, 2.05) is 13.0 Å². The van der Waals surface area contributed by atoms with Gasteiger partial charge in [0.25, 0.3) is 0 Å². The molecule has 0 aliphatic carbocycles. The van der Waals surface area contributed by atoms with Crippen LogP contribution in [0.5, 0.6) is 0 Å². The number of hydrogen-bond donors (Lipinski definition) is 2. The third-order valence-corrected chi connectivity index (χ3v) is 11.0. The Morgan fingerprint density at radius 2 is 1.82 bits per heavy atom. The van der Waals surface area contributed by atoms with Crippen molar-refractivity contribution in [2.75, 3.05) is 19.8 Å². The molecule has 5 unspecified atom stereocenters. The van der Waals surface area contributed by atoms with E-state index in [0.29, 0.717) is 12.2 Å². The van der Waals surface area contributed by atoms with E-state index in [0.717, 1.165) is 0 Å². The summed E-state index contributed by atoms with van der Waals surface area (Å²) in [6, 6.07) is 7.97. The maximum Gasteiger partial charge on any atom is 0.338 e. The lowest BCUT2D eigenvalue weighted by atomic mass is 9.89. The molecule has 1 aliphatic heterocycles. The lowest BCUT2D eigenvalue weighted by molar-refractivity contribution is -0.255. The molecule has 0 saturated carbocycles. The molecule has 1 heterocycles. The molecule has 1 aliphatic rings. The highest BCUT2D eigenvalue weighted by atomic mass is 28.4. The summed E-state index contributed by atoms with van der Waals surface area (Å²) in [4.78, 5) is 24.8. The molecule has 9 heteroatoms. The minimum absolute atomic E-state index is 0.0182. The molecule has 0 radical (unpaired) electrons. The standard InChI is InChI=1S/C24H39NO7Si/c1-16-19(15-30-33(6,7)24(3,4)5)31-23(29-14-13-26)20(25-17(2)27)21(16)32-22(28)18-11-9-8-10-12-18/h8-12,16,19-21,23,26H,13-15H2,1-7H3,(H,25,27). The molecule has 2 N–H and O–H groups in total. The van der Waals surface area contributed by atoms with E-state index >= 15 is 0 Å². The van der Waals surface area contributed by atoms with Crippen molar-refractivity contribution in [3.8, 4) is 0 Å². The molecule has 1 aromatic carbocycles. The average Bonchev–Trinajstić information content (AvgIpc) is 2.74. The fraction of sp³-hybridized carbons (Fsp3) is 0.667. The van der Waals surface area contributed by atoms with E-state index in [4.69, 9.17) is 18.6 Å². The highest BCUT2D eigenvalue weighted by Gasteiger charge is 2.48. The first-order chi connectivity index (χ1) is 15.4. The molecule has 1 aromatic rings. The van der Waals surface area contributed by atoms with Crippen LogP contribution in [0.4, 0.5) is 0 Å². The van der Waals surface area contributed by atoms with Crippen LogP contribution in [0, 0.1) is 5.92 Å². The van der Waals surface area contributed by atoms with Gasteiger partial charge in [-0.3, -0.25) is 4.79 Å². The molecule has 1 saturated heterocycles. The van der Waals surface area contributed by atoms with Gasteiger partial charge in [0.15, 0.2) is 14.6 Å². The highest BCUT2D eigenvalue weighted by Crippen LogP contribution is 2.38. The Bertz CT molecular complexity index is 781. The van der Waals surface area contributed by atoms with Crippen molar-refractivity contribution in [2.45, 2.75) is 77.3 Å². The van der Waals surface area contributed by atoms with Crippen LogP contribution in [0.2, 0.25) is 18.1 Å². The quantitative estimate of drug-likeness (QED) is 0.413. The van der Waals surface area contributed by atoms with Crippen LogP contribution in [0.25, 0.3) is 0 Å².